The average molecular weight is 524 g/mol. The molecule has 2 aromatic carbocycles. The van der Waals surface area contributed by atoms with E-state index in [1.165, 1.54) is 16.8 Å². The summed E-state index contributed by atoms with van der Waals surface area (Å²) in [6.07, 6.45) is 2.68. The molecule has 0 unspecified atom stereocenters. The van der Waals surface area contributed by atoms with Gasteiger partial charge in [0.1, 0.15) is 6.33 Å². The summed E-state index contributed by atoms with van der Waals surface area (Å²) in [7, 11) is 0. The summed E-state index contributed by atoms with van der Waals surface area (Å²) in [6, 6.07) is 21.1. The molecular weight excluding hydrogens is 490 g/mol. The van der Waals surface area contributed by atoms with Crippen molar-refractivity contribution in [1.29, 1.82) is 0 Å². The molecule has 0 amide bonds. The molecule has 0 spiro atoms. The van der Waals surface area contributed by atoms with Crippen LogP contribution in [0, 0.1) is 13.8 Å². The zero-order valence-electron chi connectivity index (χ0n) is 22.0. The highest BCUT2D eigenvalue weighted by Crippen LogP contribution is 2.32. The van der Waals surface area contributed by atoms with Gasteiger partial charge in [0.25, 0.3) is 0 Å². The molecule has 0 aliphatic carbocycles. The van der Waals surface area contributed by atoms with E-state index in [0.717, 1.165) is 79.1 Å². The molecule has 1 fully saturated rings. The molecule has 4 heterocycles. The van der Waals surface area contributed by atoms with Crippen LogP contribution in [0.15, 0.2) is 72.4 Å². The van der Waals surface area contributed by atoms with Crippen molar-refractivity contribution in [2.45, 2.75) is 20.3 Å². The minimum atomic E-state index is 0.794. The number of hydrogen-bond donors (Lipinski definition) is 1. The zero-order valence-corrected chi connectivity index (χ0v) is 22.8. The molecule has 194 valence electrons. The first-order chi connectivity index (χ1) is 18.7. The van der Waals surface area contributed by atoms with Crippen LogP contribution < -0.4 is 10.2 Å². The minimum absolute atomic E-state index is 0.794. The highest BCUT2D eigenvalue weighted by Gasteiger charge is 2.20. The van der Waals surface area contributed by atoms with Crippen LogP contribution in [0.25, 0.3) is 27.6 Å². The van der Waals surface area contributed by atoms with E-state index in [-0.39, 0.29) is 0 Å². The van der Waals surface area contributed by atoms with Gasteiger partial charge in [-0.1, -0.05) is 36.4 Å². The van der Waals surface area contributed by atoms with Gasteiger partial charge in [-0.15, -0.1) is 11.3 Å². The summed E-state index contributed by atoms with van der Waals surface area (Å²) in [5, 5.41) is 5.63. The average Bonchev–Trinajstić information content (AvgIpc) is 3.62. The monoisotopic (exact) mass is 523 g/mol. The highest BCUT2D eigenvalue weighted by atomic mass is 32.1. The second-order valence-electron chi connectivity index (χ2n) is 9.81. The van der Waals surface area contributed by atoms with E-state index in [1.807, 2.05) is 18.2 Å². The first-order valence-electron chi connectivity index (χ1n) is 13.3. The van der Waals surface area contributed by atoms with Crippen LogP contribution in [0.5, 0.6) is 0 Å². The predicted octanol–water partition coefficient (Wildman–Crippen LogP) is 5.79. The Kier molecular flexibility index (Phi) is 7.07. The maximum Gasteiger partial charge on any atom is 0.170 e. The Morgan fingerprint density at radius 3 is 2.53 bits per heavy atom. The van der Waals surface area contributed by atoms with Gasteiger partial charge in [0.2, 0.25) is 0 Å². The van der Waals surface area contributed by atoms with Crippen molar-refractivity contribution in [2.24, 2.45) is 0 Å². The first-order valence-corrected chi connectivity index (χ1v) is 14.2. The van der Waals surface area contributed by atoms with Crippen LogP contribution >= 0.6 is 11.3 Å². The zero-order chi connectivity index (χ0) is 25.9. The lowest BCUT2D eigenvalue weighted by atomic mass is 10.1. The second-order valence-corrected chi connectivity index (χ2v) is 10.8. The van der Waals surface area contributed by atoms with E-state index in [1.54, 1.807) is 17.7 Å². The topological polar surface area (TPSA) is 62.1 Å². The third-order valence-electron chi connectivity index (χ3n) is 7.43. The number of anilines is 2. The fourth-order valence-electron chi connectivity index (χ4n) is 5.21. The summed E-state index contributed by atoms with van der Waals surface area (Å²) >= 11 is 1.68. The number of nitrogens with one attached hydrogen (secondary N) is 1. The number of rotatable bonds is 8. The van der Waals surface area contributed by atoms with Crippen molar-refractivity contribution in [3.63, 3.8) is 0 Å². The smallest absolute Gasteiger partial charge is 0.170 e. The van der Waals surface area contributed by atoms with Crippen molar-refractivity contribution in [3.8, 4) is 16.4 Å². The molecule has 0 bridgehead atoms. The van der Waals surface area contributed by atoms with Gasteiger partial charge < -0.3 is 10.2 Å². The summed E-state index contributed by atoms with van der Waals surface area (Å²) in [4.78, 5) is 20.4. The van der Waals surface area contributed by atoms with E-state index in [9.17, 15) is 0 Å². The van der Waals surface area contributed by atoms with Crippen molar-refractivity contribution >= 4 is 34.0 Å². The molecule has 7 nitrogen and oxygen atoms in total. The Balaban J connectivity index is 1.11. The lowest BCUT2D eigenvalue weighted by Crippen LogP contribution is -2.47. The Bertz CT molecular complexity index is 1500. The third-order valence-corrected chi connectivity index (χ3v) is 8.30. The van der Waals surface area contributed by atoms with Crippen LogP contribution in [-0.4, -0.2) is 63.7 Å². The largest absolute Gasteiger partial charge is 0.369 e. The number of piperazine rings is 1. The molecule has 1 aliphatic heterocycles. The fourth-order valence-corrected chi connectivity index (χ4v) is 5.92. The highest BCUT2D eigenvalue weighted by molar-refractivity contribution is 7.13. The van der Waals surface area contributed by atoms with Crippen molar-refractivity contribution < 1.29 is 0 Å². The van der Waals surface area contributed by atoms with Crippen LogP contribution in [0.3, 0.4) is 0 Å². The number of fused-ring (bicyclic) bond motifs is 1. The Labute approximate surface area is 227 Å². The molecule has 1 N–H and O–H groups in total. The van der Waals surface area contributed by atoms with E-state index >= 15 is 0 Å². The number of benzene rings is 2. The summed E-state index contributed by atoms with van der Waals surface area (Å²) in [5.41, 5.74) is 6.82. The summed E-state index contributed by atoms with van der Waals surface area (Å²) in [5.74, 6) is 1.69. The van der Waals surface area contributed by atoms with Gasteiger partial charge in [0.15, 0.2) is 22.8 Å². The van der Waals surface area contributed by atoms with E-state index in [4.69, 9.17) is 4.98 Å². The first kappa shape index (κ1) is 24.6. The molecule has 0 atom stereocenters. The van der Waals surface area contributed by atoms with Crippen LogP contribution in [0.4, 0.5) is 11.5 Å². The Morgan fingerprint density at radius 1 is 0.895 bits per heavy atom. The molecule has 6 rings (SSSR count). The second kappa shape index (κ2) is 10.9. The molecule has 3 aromatic heterocycles. The minimum Gasteiger partial charge on any atom is -0.369 e. The lowest BCUT2D eigenvalue weighted by molar-refractivity contribution is 0.257. The number of para-hydroxylation sites is 1. The Hall–Kier alpha value is -3.75. The maximum atomic E-state index is 5.02. The molecule has 8 heteroatoms. The number of nitrogens with zero attached hydrogens (tertiary/aromatic N) is 6. The maximum absolute atomic E-state index is 5.02. The molecule has 1 aliphatic rings. The van der Waals surface area contributed by atoms with Gasteiger partial charge in [0, 0.05) is 44.1 Å². The molecule has 5 aromatic rings. The van der Waals surface area contributed by atoms with Crippen LogP contribution in [-0.2, 0) is 0 Å². The van der Waals surface area contributed by atoms with Crippen LogP contribution in [0.2, 0.25) is 0 Å². The van der Waals surface area contributed by atoms with Gasteiger partial charge in [-0.2, -0.15) is 0 Å². The fraction of sp³-hybridized carbons (Fsp3) is 0.300. The van der Waals surface area contributed by atoms with Crippen LogP contribution in [0.1, 0.15) is 17.5 Å². The number of imidazole rings is 1. The van der Waals surface area contributed by atoms with Crippen molar-refractivity contribution in [3.05, 3.63) is 83.5 Å². The van der Waals surface area contributed by atoms with Gasteiger partial charge in [-0.05, 0) is 67.6 Å². The molecule has 0 saturated carbocycles. The quantitative estimate of drug-likeness (QED) is 0.260. The van der Waals surface area contributed by atoms with Gasteiger partial charge >= 0.3 is 0 Å². The number of thiophene rings is 1. The van der Waals surface area contributed by atoms with Gasteiger partial charge in [0.05, 0.1) is 4.88 Å². The predicted molar refractivity (Wildman–Crippen MR) is 158 cm³/mol. The van der Waals surface area contributed by atoms with E-state index in [2.05, 4.69) is 91.3 Å². The lowest BCUT2D eigenvalue weighted by Gasteiger charge is -2.37. The van der Waals surface area contributed by atoms with Crippen molar-refractivity contribution in [2.75, 3.05) is 49.5 Å². The molecular formula is C30H33N7S. The number of hydrogen-bond acceptors (Lipinski definition) is 7. The standard InChI is InChI=1S/C30H33N7S/c1-22-9-6-12-25(23(22)2)36-18-16-35(17-19-36)15-8-14-31-28-27-30(33-21-32-28)37(24-10-4-3-5-11-24)29(34-27)26-13-7-20-38-26/h3-7,9-13,20-21H,8,14-19H2,1-2H3,(H,31,32,33). The van der Waals surface area contributed by atoms with Gasteiger partial charge in [-0.3, -0.25) is 9.47 Å². The van der Waals surface area contributed by atoms with Gasteiger partial charge in [-0.25, -0.2) is 15.0 Å². The number of aromatic nitrogens is 4. The third kappa shape index (κ3) is 4.89. The molecule has 1 saturated heterocycles. The summed E-state index contributed by atoms with van der Waals surface area (Å²) in [6.45, 7) is 10.7. The Morgan fingerprint density at radius 2 is 1.74 bits per heavy atom. The molecule has 38 heavy (non-hydrogen) atoms. The molecule has 0 radical (unpaired) electrons. The van der Waals surface area contributed by atoms with E-state index < -0.39 is 0 Å². The normalized spacial score (nSPS) is 14.3. The number of aryl methyl sites for hydroxylation is 1. The summed E-state index contributed by atoms with van der Waals surface area (Å²) < 4.78 is 2.13. The SMILES string of the molecule is Cc1cccc(N2CCN(CCCNc3ncnc4c3nc(-c3cccs3)n4-c3ccccc3)CC2)c1C. The van der Waals surface area contributed by atoms with E-state index in [0.29, 0.717) is 0 Å². The van der Waals surface area contributed by atoms with Crippen molar-refractivity contribution in [1.82, 2.24) is 24.4 Å².